The van der Waals surface area contributed by atoms with Crippen LogP contribution in [0.5, 0.6) is 0 Å². The Morgan fingerprint density at radius 3 is 1.58 bits per heavy atom. The molecule has 1 aliphatic heterocycles. The highest BCUT2D eigenvalue weighted by Crippen LogP contribution is 2.23. The predicted molar refractivity (Wildman–Crippen MR) is 102 cm³/mol. The van der Waals surface area contributed by atoms with Crippen molar-refractivity contribution in [3.63, 3.8) is 0 Å². The molecule has 0 bridgehead atoms. The number of nitrogens with zero attached hydrogens (tertiary/aromatic N) is 3. The van der Waals surface area contributed by atoms with Gasteiger partial charge in [0.25, 0.3) is 0 Å². The number of ether oxygens (including phenoxy) is 2. The Balaban J connectivity index is 2.79. The van der Waals surface area contributed by atoms with Crippen molar-refractivity contribution in [1.82, 2.24) is 0 Å². The monoisotopic (exact) mass is 378 g/mol. The molecule has 0 aromatic rings. The SMILES string of the molecule is CC[N+](CC)(CC)O[N+](C)(CCCOCC1CO1)O[N+](CC)(CC)CC. The molecule has 1 aliphatic rings. The Labute approximate surface area is 160 Å². The van der Waals surface area contributed by atoms with Gasteiger partial charge >= 0.3 is 0 Å². The molecule has 0 radical (unpaired) electrons. The van der Waals surface area contributed by atoms with Crippen molar-refractivity contribution in [2.75, 3.05) is 72.7 Å². The molecule has 0 aromatic heterocycles. The van der Waals surface area contributed by atoms with E-state index in [0.29, 0.717) is 28.6 Å². The van der Waals surface area contributed by atoms with Crippen LogP contribution in [0.4, 0.5) is 0 Å². The molecule has 0 N–H and O–H groups in total. The van der Waals surface area contributed by atoms with Crippen molar-refractivity contribution in [2.45, 2.75) is 54.1 Å². The van der Waals surface area contributed by atoms with Gasteiger partial charge in [-0.2, -0.15) is 0 Å². The predicted octanol–water partition coefficient (Wildman–Crippen LogP) is 2.68. The molecule has 0 aliphatic carbocycles. The molecule has 1 unspecified atom stereocenters. The first-order valence-corrected chi connectivity index (χ1v) is 10.6. The minimum absolute atomic E-state index is 0.147. The highest BCUT2D eigenvalue weighted by atomic mass is 17.1. The average Bonchev–Trinajstić information content (AvgIpc) is 3.49. The van der Waals surface area contributed by atoms with E-state index in [2.05, 4.69) is 41.5 Å². The number of hydrogen-bond acceptors (Lipinski definition) is 4. The molecule has 1 saturated heterocycles. The number of epoxide rings is 1. The molecule has 0 amide bonds. The number of quaternary nitrogens is 3. The van der Waals surface area contributed by atoms with E-state index in [1.807, 2.05) is 7.05 Å². The zero-order valence-electron chi connectivity index (χ0n) is 18.3. The van der Waals surface area contributed by atoms with E-state index in [-0.39, 0.29) is 4.81 Å². The maximum atomic E-state index is 6.63. The molecule has 1 atom stereocenters. The fourth-order valence-corrected chi connectivity index (χ4v) is 3.35. The summed E-state index contributed by atoms with van der Waals surface area (Å²) in [5.41, 5.74) is 0. The summed E-state index contributed by atoms with van der Waals surface area (Å²) in [4.78, 5) is 13.4. The van der Waals surface area contributed by atoms with Gasteiger partial charge in [0.05, 0.1) is 24.6 Å². The van der Waals surface area contributed by atoms with Crippen molar-refractivity contribution in [1.29, 1.82) is 0 Å². The van der Waals surface area contributed by atoms with Gasteiger partial charge in [-0.3, -0.25) is 0 Å². The Morgan fingerprint density at radius 1 is 0.808 bits per heavy atom. The minimum atomic E-state index is 0.147. The summed E-state index contributed by atoms with van der Waals surface area (Å²) < 4.78 is 12.1. The first-order chi connectivity index (χ1) is 12.4. The molecule has 26 heavy (non-hydrogen) atoms. The van der Waals surface area contributed by atoms with Crippen molar-refractivity contribution < 1.29 is 33.5 Å². The van der Waals surface area contributed by atoms with E-state index in [9.17, 15) is 0 Å². The first kappa shape index (κ1) is 23.8. The van der Waals surface area contributed by atoms with Gasteiger partial charge in [0.2, 0.25) is 0 Å². The Hall–Kier alpha value is -0.280. The average molecular weight is 379 g/mol. The maximum Gasteiger partial charge on any atom is 0.156 e. The second-order valence-electron chi connectivity index (χ2n) is 7.30. The van der Waals surface area contributed by atoms with E-state index < -0.39 is 0 Å². The summed E-state index contributed by atoms with van der Waals surface area (Å²) in [5.74, 6) is 0. The van der Waals surface area contributed by atoms with Gasteiger partial charge in [-0.25, -0.2) is 0 Å². The highest BCUT2D eigenvalue weighted by Gasteiger charge is 2.46. The van der Waals surface area contributed by atoms with Gasteiger partial charge in [0, 0.05) is 16.3 Å². The van der Waals surface area contributed by atoms with Crippen LogP contribution in [0.25, 0.3) is 0 Å². The molecule has 0 aromatic carbocycles. The lowest BCUT2D eigenvalue weighted by atomic mass is 10.4. The van der Waals surface area contributed by atoms with E-state index in [4.69, 9.17) is 19.4 Å². The zero-order valence-corrected chi connectivity index (χ0v) is 18.3. The Kier molecular flexibility index (Phi) is 9.96. The Morgan fingerprint density at radius 2 is 1.23 bits per heavy atom. The number of hydroxylamine groups is 10. The molecule has 156 valence electrons. The number of hydrogen-bond donors (Lipinski definition) is 0. The lowest BCUT2D eigenvalue weighted by Crippen LogP contribution is -2.65. The molecule has 1 fully saturated rings. The second kappa shape index (κ2) is 10.9. The van der Waals surface area contributed by atoms with Crippen molar-refractivity contribution in [3.8, 4) is 0 Å². The second-order valence-corrected chi connectivity index (χ2v) is 7.30. The van der Waals surface area contributed by atoms with E-state index in [1.165, 1.54) is 0 Å². The topological polar surface area (TPSA) is 40.2 Å². The fourth-order valence-electron chi connectivity index (χ4n) is 3.35. The van der Waals surface area contributed by atoms with Gasteiger partial charge in [-0.05, 0) is 41.5 Å². The number of rotatable bonds is 16. The fraction of sp³-hybridized carbons (Fsp3) is 1.00. The summed E-state index contributed by atoms with van der Waals surface area (Å²) in [6.07, 6.45) is 1.20. The summed E-state index contributed by atoms with van der Waals surface area (Å²) in [7, 11) is 2.05. The lowest BCUT2D eigenvalue weighted by molar-refractivity contribution is -1.49. The van der Waals surface area contributed by atoms with Gasteiger partial charge in [-0.15, -0.1) is 9.29 Å². The molecule has 0 saturated carbocycles. The van der Waals surface area contributed by atoms with Crippen LogP contribution in [0.1, 0.15) is 48.0 Å². The molecule has 1 rings (SSSR count). The van der Waals surface area contributed by atoms with Gasteiger partial charge < -0.3 is 9.47 Å². The summed E-state index contributed by atoms with van der Waals surface area (Å²) in [5, 5.41) is 0. The molecular formula is C19H44N3O4+3. The van der Waals surface area contributed by atoms with Crippen LogP contribution in [-0.4, -0.2) is 92.9 Å². The Bertz CT molecular complexity index is 344. The molecule has 1 heterocycles. The van der Waals surface area contributed by atoms with Gasteiger partial charge in [0.15, 0.2) is 6.54 Å². The summed E-state index contributed by atoms with van der Waals surface area (Å²) >= 11 is 0. The van der Waals surface area contributed by atoms with Crippen molar-refractivity contribution >= 4 is 0 Å². The molecule has 7 nitrogen and oxygen atoms in total. The lowest BCUT2D eigenvalue weighted by Gasteiger charge is -2.40. The molecular weight excluding hydrogens is 334 g/mol. The van der Waals surface area contributed by atoms with E-state index in [0.717, 1.165) is 58.8 Å². The van der Waals surface area contributed by atoms with Crippen LogP contribution in [0.15, 0.2) is 0 Å². The summed E-state index contributed by atoms with van der Waals surface area (Å²) in [6.45, 7) is 21.6. The standard InChI is InChI=1S/C19H44N3O4/c1-8-21(9-2,10-3)25-20(7,26-22(11-4,12-5)13-6)15-14-16-23-17-19-18-24-19/h19H,8-18H2,1-7H3/q+3. The normalized spacial score (nSPS) is 18.3. The zero-order chi connectivity index (χ0) is 19.7. The van der Waals surface area contributed by atoms with Gasteiger partial charge in [0.1, 0.15) is 52.4 Å². The maximum absolute atomic E-state index is 6.63. The van der Waals surface area contributed by atoms with Crippen molar-refractivity contribution in [2.24, 2.45) is 0 Å². The third-order valence-corrected chi connectivity index (χ3v) is 5.71. The quantitative estimate of drug-likeness (QED) is 0.179. The van der Waals surface area contributed by atoms with Gasteiger partial charge in [-0.1, -0.05) is 0 Å². The molecule has 0 spiro atoms. The highest BCUT2D eigenvalue weighted by molar-refractivity contribution is 4.66. The first-order valence-electron chi connectivity index (χ1n) is 10.6. The third kappa shape index (κ3) is 7.03. The van der Waals surface area contributed by atoms with Crippen LogP contribution in [-0.2, 0) is 19.4 Å². The van der Waals surface area contributed by atoms with Crippen LogP contribution >= 0.6 is 0 Å². The van der Waals surface area contributed by atoms with Crippen molar-refractivity contribution in [3.05, 3.63) is 0 Å². The largest absolute Gasteiger partial charge is 0.378 e. The van der Waals surface area contributed by atoms with Crippen LogP contribution in [0.3, 0.4) is 0 Å². The molecule has 7 heteroatoms. The smallest absolute Gasteiger partial charge is 0.156 e. The van der Waals surface area contributed by atoms with Crippen LogP contribution in [0.2, 0.25) is 0 Å². The van der Waals surface area contributed by atoms with Crippen LogP contribution in [0, 0.1) is 0 Å². The third-order valence-electron chi connectivity index (χ3n) is 5.71. The van der Waals surface area contributed by atoms with Crippen LogP contribution < -0.4 is 0 Å². The van der Waals surface area contributed by atoms with E-state index >= 15 is 0 Å². The van der Waals surface area contributed by atoms with E-state index in [1.54, 1.807) is 0 Å². The minimum Gasteiger partial charge on any atom is -0.378 e. The summed E-state index contributed by atoms with van der Waals surface area (Å²) in [6, 6.07) is 0.